The second-order valence-electron chi connectivity index (χ2n) is 6.14. The molecule has 2 rings (SSSR count). The van der Waals surface area contributed by atoms with E-state index in [9.17, 15) is 4.79 Å². The zero-order valence-corrected chi connectivity index (χ0v) is 12.8. The Morgan fingerprint density at radius 1 is 1.43 bits per heavy atom. The number of pyridine rings is 1. The molecule has 6 nitrogen and oxygen atoms in total. The fraction of sp³-hybridized carbons (Fsp3) is 0.600. The van der Waals surface area contributed by atoms with Gasteiger partial charge in [-0.1, -0.05) is 6.07 Å². The molecular formula is C15H25N5O. The van der Waals surface area contributed by atoms with E-state index in [2.05, 4.69) is 20.5 Å². The summed E-state index contributed by atoms with van der Waals surface area (Å²) in [6.07, 6.45) is 3.65. The van der Waals surface area contributed by atoms with Crippen LogP contribution >= 0.6 is 0 Å². The molecule has 0 saturated carbocycles. The Labute approximate surface area is 126 Å². The summed E-state index contributed by atoms with van der Waals surface area (Å²) in [6.45, 7) is 6.05. The third-order valence-corrected chi connectivity index (χ3v) is 3.77. The minimum absolute atomic E-state index is 0.137. The molecule has 1 fully saturated rings. The quantitative estimate of drug-likeness (QED) is 0.775. The molecule has 1 aromatic rings. The summed E-state index contributed by atoms with van der Waals surface area (Å²) in [5, 5.41) is 5.92. The molecule has 0 aliphatic carbocycles. The summed E-state index contributed by atoms with van der Waals surface area (Å²) in [4.78, 5) is 18.5. The van der Waals surface area contributed by atoms with E-state index in [1.54, 1.807) is 0 Å². The second-order valence-corrected chi connectivity index (χ2v) is 6.14. The molecule has 2 amide bonds. The second kappa shape index (κ2) is 6.76. The van der Waals surface area contributed by atoms with Crippen LogP contribution in [-0.4, -0.2) is 42.2 Å². The molecular weight excluding hydrogens is 266 g/mol. The minimum Gasteiger partial charge on any atom is -0.356 e. The van der Waals surface area contributed by atoms with Gasteiger partial charge in [-0.25, -0.2) is 9.78 Å². The molecule has 1 aliphatic rings. The van der Waals surface area contributed by atoms with E-state index < -0.39 is 0 Å². The lowest BCUT2D eigenvalue weighted by atomic mass is 10.0. The Kier molecular flexibility index (Phi) is 5.01. The largest absolute Gasteiger partial charge is 0.356 e. The number of nitrogens with zero attached hydrogens (tertiary/aromatic N) is 2. The topological polar surface area (TPSA) is 83.3 Å². The molecule has 0 bridgehead atoms. The first kappa shape index (κ1) is 15.6. The van der Waals surface area contributed by atoms with Crippen LogP contribution in [-0.2, 0) is 0 Å². The van der Waals surface area contributed by atoms with Gasteiger partial charge in [0, 0.05) is 37.4 Å². The van der Waals surface area contributed by atoms with Crippen molar-refractivity contribution < 1.29 is 4.79 Å². The van der Waals surface area contributed by atoms with E-state index in [-0.39, 0.29) is 17.6 Å². The Morgan fingerprint density at radius 2 is 2.14 bits per heavy atom. The van der Waals surface area contributed by atoms with Gasteiger partial charge in [0.05, 0.1) is 0 Å². The summed E-state index contributed by atoms with van der Waals surface area (Å²) in [5.41, 5.74) is 5.24. The lowest BCUT2D eigenvalue weighted by Crippen LogP contribution is -2.55. The summed E-state index contributed by atoms with van der Waals surface area (Å²) in [6, 6.07) is 6.00. The van der Waals surface area contributed by atoms with Crippen LogP contribution in [0, 0.1) is 0 Å². The van der Waals surface area contributed by atoms with Crippen LogP contribution in [0.4, 0.5) is 10.6 Å². The van der Waals surface area contributed by atoms with Crippen molar-refractivity contribution in [2.24, 2.45) is 5.73 Å². The van der Waals surface area contributed by atoms with Gasteiger partial charge in [0.25, 0.3) is 0 Å². The molecule has 1 aliphatic heterocycles. The van der Waals surface area contributed by atoms with Crippen LogP contribution in [0.5, 0.6) is 0 Å². The number of piperidine rings is 1. The van der Waals surface area contributed by atoms with Crippen LogP contribution in [0.1, 0.15) is 26.7 Å². The first-order valence-corrected chi connectivity index (χ1v) is 7.45. The lowest BCUT2D eigenvalue weighted by Gasteiger charge is -2.34. The molecule has 4 N–H and O–H groups in total. The predicted octanol–water partition coefficient (Wildman–Crippen LogP) is 1.09. The molecule has 0 unspecified atom stereocenters. The molecule has 0 atom stereocenters. The Morgan fingerprint density at radius 3 is 2.71 bits per heavy atom. The number of nitrogens with one attached hydrogen (secondary N) is 2. The molecule has 0 radical (unpaired) electrons. The maximum atomic E-state index is 11.9. The van der Waals surface area contributed by atoms with Crippen molar-refractivity contribution in [3.63, 3.8) is 0 Å². The number of nitrogens with two attached hydrogens (primary N) is 1. The summed E-state index contributed by atoms with van der Waals surface area (Å²) < 4.78 is 0. The minimum atomic E-state index is -0.376. The van der Waals surface area contributed by atoms with Crippen LogP contribution in [0.25, 0.3) is 0 Å². The maximum absolute atomic E-state index is 11.9. The van der Waals surface area contributed by atoms with Gasteiger partial charge in [-0.15, -0.1) is 0 Å². The van der Waals surface area contributed by atoms with Crippen molar-refractivity contribution in [1.82, 2.24) is 15.6 Å². The summed E-state index contributed by atoms with van der Waals surface area (Å²) in [5.74, 6) is 1.00. The standard InChI is InChI=1S/C15H25N5O/c1-15(2,11-16)19-14(21)18-12-6-9-20(10-7-12)13-5-3-4-8-17-13/h3-5,8,12H,6-7,9-11,16H2,1-2H3,(H2,18,19,21). The van der Waals surface area contributed by atoms with E-state index in [0.29, 0.717) is 6.54 Å². The number of anilines is 1. The van der Waals surface area contributed by atoms with Crippen molar-refractivity contribution in [2.75, 3.05) is 24.5 Å². The Hall–Kier alpha value is -1.82. The van der Waals surface area contributed by atoms with E-state index in [0.717, 1.165) is 31.7 Å². The zero-order chi connectivity index (χ0) is 15.3. The third kappa shape index (κ3) is 4.60. The van der Waals surface area contributed by atoms with E-state index in [4.69, 9.17) is 5.73 Å². The number of amides is 2. The predicted molar refractivity (Wildman–Crippen MR) is 84.3 cm³/mol. The number of hydrogen-bond acceptors (Lipinski definition) is 4. The maximum Gasteiger partial charge on any atom is 0.315 e. The number of urea groups is 1. The van der Waals surface area contributed by atoms with Crippen molar-refractivity contribution in [3.05, 3.63) is 24.4 Å². The summed E-state index contributed by atoms with van der Waals surface area (Å²) >= 11 is 0. The van der Waals surface area contributed by atoms with Crippen molar-refractivity contribution in [2.45, 2.75) is 38.3 Å². The van der Waals surface area contributed by atoms with Crippen LogP contribution in [0.3, 0.4) is 0 Å². The van der Waals surface area contributed by atoms with Crippen LogP contribution < -0.4 is 21.3 Å². The molecule has 2 heterocycles. The Bertz CT molecular complexity index is 454. The first-order chi connectivity index (χ1) is 10.00. The van der Waals surface area contributed by atoms with Crippen molar-refractivity contribution in [3.8, 4) is 0 Å². The highest BCUT2D eigenvalue weighted by Gasteiger charge is 2.23. The average molecular weight is 291 g/mol. The molecule has 0 aromatic carbocycles. The van der Waals surface area contributed by atoms with Crippen molar-refractivity contribution >= 4 is 11.8 Å². The lowest BCUT2D eigenvalue weighted by molar-refractivity contribution is 0.224. The molecule has 6 heteroatoms. The number of rotatable bonds is 4. The zero-order valence-electron chi connectivity index (χ0n) is 12.8. The molecule has 1 saturated heterocycles. The monoisotopic (exact) mass is 291 g/mol. The molecule has 21 heavy (non-hydrogen) atoms. The highest BCUT2D eigenvalue weighted by molar-refractivity contribution is 5.75. The van der Waals surface area contributed by atoms with Gasteiger partial charge in [0.2, 0.25) is 0 Å². The van der Waals surface area contributed by atoms with Gasteiger partial charge < -0.3 is 21.3 Å². The fourth-order valence-electron chi connectivity index (χ4n) is 2.37. The van der Waals surface area contributed by atoms with E-state index in [1.165, 1.54) is 0 Å². The number of carbonyl (C=O) groups is 1. The van der Waals surface area contributed by atoms with Gasteiger partial charge >= 0.3 is 6.03 Å². The molecule has 0 spiro atoms. The van der Waals surface area contributed by atoms with Crippen LogP contribution in [0.2, 0.25) is 0 Å². The van der Waals surface area contributed by atoms with Gasteiger partial charge in [0.15, 0.2) is 0 Å². The fourth-order valence-corrected chi connectivity index (χ4v) is 2.37. The van der Waals surface area contributed by atoms with Gasteiger partial charge in [-0.3, -0.25) is 0 Å². The summed E-state index contributed by atoms with van der Waals surface area (Å²) in [7, 11) is 0. The van der Waals surface area contributed by atoms with Gasteiger partial charge in [0.1, 0.15) is 5.82 Å². The average Bonchev–Trinajstić information content (AvgIpc) is 2.48. The first-order valence-electron chi connectivity index (χ1n) is 7.45. The van der Waals surface area contributed by atoms with Crippen molar-refractivity contribution in [1.29, 1.82) is 0 Å². The Balaban J connectivity index is 1.78. The highest BCUT2D eigenvalue weighted by atomic mass is 16.2. The molecule has 1 aromatic heterocycles. The van der Waals surface area contributed by atoms with Gasteiger partial charge in [-0.05, 0) is 38.8 Å². The SMILES string of the molecule is CC(C)(CN)NC(=O)NC1CCN(c2ccccn2)CC1. The van der Waals surface area contributed by atoms with Gasteiger partial charge in [-0.2, -0.15) is 0 Å². The number of hydrogen-bond donors (Lipinski definition) is 3. The third-order valence-electron chi connectivity index (χ3n) is 3.77. The molecule has 116 valence electrons. The van der Waals surface area contributed by atoms with E-state index in [1.807, 2.05) is 38.2 Å². The number of aromatic nitrogens is 1. The van der Waals surface area contributed by atoms with Crippen LogP contribution in [0.15, 0.2) is 24.4 Å². The smallest absolute Gasteiger partial charge is 0.315 e. The highest BCUT2D eigenvalue weighted by Crippen LogP contribution is 2.17. The van der Waals surface area contributed by atoms with E-state index >= 15 is 0 Å². The number of carbonyl (C=O) groups excluding carboxylic acids is 1. The normalized spacial score (nSPS) is 16.6.